The van der Waals surface area contributed by atoms with E-state index in [-0.39, 0.29) is 12.7 Å². The summed E-state index contributed by atoms with van der Waals surface area (Å²) in [7, 11) is 0. The van der Waals surface area contributed by atoms with Crippen molar-refractivity contribution in [3.8, 4) is 17.0 Å². The van der Waals surface area contributed by atoms with Gasteiger partial charge in [0.1, 0.15) is 18.0 Å². The number of hydrogen-bond acceptors (Lipinski definition) is 4. The van der Waals surface area contributed by atoms with Crippen LogP contribution in [0.15, 0.2) is 37.1 Å². The summed E-state index contributed by atoms with van der Waals surface area (Å²) in [4.78, 5) is 13.8. The number of H-pyrrole nitrogens is 1. The van der Waals surface area contributed by atoms with Crippen molar-refractivity contribution >= 4 is 6.09 Å². The van der Waals surface area contributed by atoms with Crippen molar-refractivity contribution in [3.63, 3.8) is 0 Å². The second kappa shape index (κ2) is 5.95. The molecule has 1 saturated heterocycles. The smallest absolute Gasteiger partial charge is 0.410 e. The van der Waals surface area contributed by atoms with Gasteiger partial charge in [0.05, 0.1) is 11.9 Å². The molecular weight excluding hydrogens is 318 g/mol. The fraction of sp³-hybridized carbons (Fsp3) is 0.368. The molecule has 1 aromatic carbocycles. The molecule has 25 heavy (non-hydrogen) atoms. The third kappa shape index (κ3) is 2.58. The lowest BCUT2D eigenvalue weighted by atomic mass is 9.81. The highest BCUT2D eigenvalue weighted by molar-refractivity contribution is 5.74. The summed E-state index contributed by atoms with van der Waals surface area (Å²) in [6, 6.07) is 6.20. The van der Waals surface area contributed by atoms with Crippen LogP contribution in [0.4, 0.5) is 4.79 Å². The summed E-state index contributed by atoms with van der Waals surface area (Å²) in [5.41, 5.74) is 3.84. The molecule has 2 aromatic rings. The van der Waals surface area contributed by atoms with E-state index in [1.165, 1.54) is 0 Å². The van der Waals surface area contributed by atoms with Gasteiger partial charge in [0.25, 0.3) is 0 Å². The zero-order valence-corrected chi connectivity index (χ0v) is 14.2. The highest BCUT2D eigenvalue weighted by Crippen LogP contribution is 2.48. The number of aryl methyl sites for hydroxylation is 1. The maximum atomic E-state index is 12.1. The molecule has 1 spiro atoms. The van der Waals surface area contributed by atoms with Gasteiger partial charge < -0.3 is 14.4 Å². The molecule has 1 fully saturated rings. The van der Waals surface area contributed by atoms with E-state index in [0.29, 0.717) is 25.9 Å². The number of fused-ring (bicyclic) bond motifs is 4. The highest BCUT2D eigenvalue weighted by Gasteiger charge is 2.45. The summed E-state index contributed by atoms with van der Waals surface area (Å²) < 4.78 is 11.6. The number of benzene rings is 1. The van der Waals surface area contributed by atoms with Gasteiger partial charge in [-0.2, -0.15) is 5.10 Å². The number of carbonyl (C=O) groups excluding carboxylic acids is 1. The van der Waals surface area contributed by atoms with Gasteiger partial charge in [-0.3, -0.25) is 5.10 Å². The molecule has 0 aliphatic carbocycles. The van der Waals surface area contributed by atoms with Gasteiger partial charge in [-0.05, 0) is 24.6 Å². The van der Waals surface area contributed by atoms with E-state index in [4.69, 9.17) is 9.47 Å². The summed E-state index contributed by atoms with van der Waals surface area (Å²) in [5, 5.41) is 7.37. The third-order valence-electron chi connectivity index (χ3n) is 5.00. The molecular formula is C19H21N3O3. The molecule has 0 saturated carbocycles. The SMILES string of the molecule is C=CCOC(=O)N1CCC2(CC1)Oc1cc(C)ccc1-c1[nH]ncc12. The Labute approximate surface area is 146 Å². The van der Waals surface area contributed by atoms with E-state index in [1.54, 1.807) is 11.0 Å². The molecule has 0 radical (unpaired) electrons. The lowest BCUT2D eigenvalue weighted by Gasteiger charge is -2.43. The third-order valence-corrected chi connectivity index (χ3v) is 5.00. The predicted octanol–water partition coefficient (Wildman–Crippen LogP) is 3.39. The number of rotatable bonds is 2. The average molecular weight is 339 g/mol. The first-order chi connectivity index (χ1) is 12.1. The van der Waals surface area contributed by atoms with Gasteiger partial charge in [0.2, 0.25) is 0 Å². The number of nitrogens with one attached hydrogen (secondary N) is 1. The Bertz CT molecular complexity index is 819. The molecule has 2 aliphatic heterocycles. The first kappa shape index (κ1) is 15.7. The van der Waals surface area contributed by atoms with Crippen molar-refractivity contribution in [3.05, 3.63) is 48.2 Å². The number of aromatic amines is 1. The van der Waals surface area contributed by atoms with Gasteiger partial charge in [-0.1, -0.05) is 18.7 Å². The standard InChI is InChI=1S/C19H21N3O3/c1-3-10-24-18(23)22-8-6-19(7-9-22)15-12-20-21-17(15)14-5-4-13(2)11-16(14)25-19/h3-5,11-12H,1,6-10H2,2H3,(H,20,21). The first-order valence-electron chi connectivity index (χ1n) is 8.49. The summed E-state index contributed by atoms with van der Waals surface area (Å²) in [5.74, 6) is 0.874. The lowest BCUT2D eigenvalue weighted by molar-refractivity contribution is -0.00433. The van der Waals surface area contributed by atoms with Crippen LogP contribution in [0.1, 0.15) is 24.0 Å². The van der Waals surface area contributed by atoms with Gasteiger partial charge in [-0.25, -0.2) is 4.79 Å². The molecule has 1 aromatic heterocycles. The van der Waals surface area contributed by atoms with Gasteiger partial charge in [0, 0.05) is 37.1 Å². The molecule has 130 valence electrons. The zero-order valence-electron chi connectivity index (χ0n) is 14.2. The van der Waals surface area contributed by atoms with Crippen molar-refractivity contribution < 1.29 is 14.3 Å². The minimum absolute atomic E-state index is 0.232. The molecule has 6 heteroatoms. The topological polar surface area (TPSA) is 67.4 Å². The Kier molecular flexibility index (Phi) is 3.75. The molecule has 4 rings (SSSR count). The second-order valence-electron chi connectivity index (χ2n) is 6.61. The quantitative estimate of drug-likeness (QED) is 0.852. The summed E-state index contributed by atoms with van der Waals surface area (Å²) >= 11 is 0. The minimum Gasteiger partial charge on any atom is -0.482 e. The normalized spacial score (nSPS) is 17.4. The van der Waals surface area contributed by atoms with Crippen LogP contribution >= 0.6 is 0 Å². The number of aromatic nitrogens is 2. The van der Waals surface area contributed by atoms with Crippen LogP contribution in [0.3, 0.4) is 0 Å². The van der Waals surface area contributed by atoms with E-state index in [0.717, 1.165) is 28.1 Å². The Morgan fingerprint density at radius 1 is 1.48 bits per heavy atom. The number of piperidine rings is 1. The molecule has 0 atom stereocenters. The number of likely N-dealkylation sites (tertiary alicyclic amines) is 1. The molecule has 3 heterocycles. The fourth-order valence-corrected chi connectivity index (χ4v) is 3.67. The number of nitrogens with zero attached hydrogens (tertiary/aromatic N) is 2. The molecule has 1 N–H and O–H groups in total. The monoisotopic (exact) mass is 339 g/mol. The molecule has 6 nitrogen and oxygen atoms in total. The second-order valence-corrected chi connectivity index (χ2v) is 6.61. The van der Waals surface area contributed by atoms with Crippen molar-refractivity contribution in [2.24, 2.45) is 0 Å². The molecule has 1 amide bonds. The summed E-state index contributed by atoms with van der Waals surface area (Å²) in [6.07, 6.45) is 4.54. The predicted molar refractivity (Wildman–Crippen MR) is 93.4 cm³/mol. The van der Waals surface area contributed by atoms with Crippen LogP contribution in [0.25, 0.3) is 11.3 Å². The Morgan fingerprint density at radius 2 is 2.28 bits per heavy atom. The zero-order chi connectivity index (χ0) is 17.4. The Hall–Kier alpha value is -2.76. The lowest BCUT2D eigenvalue weighted by Crippen LogP contribution is -2.49. The maximum absolute atomic E-state index is 12.1. The van der Waals surface area contributed by atoms with E-state index in [1.807, 2.05) is 6.20 Å². The van der Waals surface area contributed by atoms with Crippen LogP contribution in [-0.4, -0.2) is 40.9 Å². The van der Waals surface area contributed by atoms with Crippen molar-refractivity contribution in [2.75, 3.05) is 19.7 Å². The Balaban J connectivity index is 1.60. The Morgan fingerprint density at radius 3 is 3.04 bits per heavy atom. The molecule has 0 bridgehead atoms. The van der Waals surface area contributed by atoms with E-state index < -0.39 is 5.60 Å². The van der Waals surface area contributed by atoms with E-state index in [9.17, 15) is 4.79 Å². The largest absolute Gasteiger partial charge is 0.482 e. The van der Waals surface area contributed by atoms with Crippen LogP contribution in [0.2, 0.25) is 0 Å². The maximum Gasteiger partial charge on any atom is 0.410 e. The number of amides is 1. The number of ether oxygens (including phenoxy) is 2. The van der Waals surface area contributed by atoms with Crippen molar-refractivity contribution in [1.82, 2.24) is 15.1 Å². The van der Waals surface area contributed by atoms with Gasteiger partial charge in [-0.15, -0.1) is 0 Å². The van der Waals surface area contributed by atoms with Crippen molar-refractivity contribution in [2.45, 2.75) is 25.4 Å². The van der Waals surface area contributed by atoms with Crippen LogP contribution in [0, 0.1) is 6.92 Å². The highest BCUT2D eigenvalue weighted by atomic mass is 16.6. The molecule has 2 aliphatic rings. The van der Waals surface area contributed by atoms with Gasteiger partial charge in [0.15, 0.2) is 0 Å². The average Bonchev–Trinajstić information content (AvgIpc) is 3.11. The van der Waals surface area contributed by atoms with Crippen LogP contribution in [0.5, 0.6) is 5.75 Å². The summed E-state index contributed by atoms with van der Waals surface area (Å²) in [6.45, 7) is 7.02. The van der Waals surface area contributed by atoms with Gasteiger partial charge >= 0.3 is 6.09 Å². The minimum atomic E-state index is -0.446. The van der Waals surface area contributed by atoms with E-state index >= 15 is 0 Å². The number of carbonyl (C=O) groups is 1. The van der Waals surface area contributed by atoms with Crippen molar-refractivity contribution in [1.29, 1.82) is 0 Å². The first-order valence-corrected chi connectivity index (χ1v) is 8.49. The number of hydrogen-bond donors (Lipinski definition) is 1. The van der Waals surface area contributed by atoms with E-state index in [2.05, 4.69) is 41.9 Å². The van der Waals surface area contributed by atoms with Crippen LogP contribution < -0.4 is 4.74 Å². The fourth-order valence-electron chi connectivity index (χ4n) is 3.67. The van der Waals surface area contributed by atoms with Crippen LogP contribution in [-0.2, 0) is 10.3 Å². The molecule has 0 unspecified atom stereocenters.